The third kappa shape index (κ3) is 6.94. The van der Waals surface area contributed by atoms with E-state index in [0.29, 0.717) is 19.8 Å². The Balaban J connectivity index is 2.26. The van der Waals surface area contributed by atoms with Crippen molar-refractivity contribution in [2.24, 2.45) is 0 Å². The summed E-state index contributed by atoms with van der Waals surface area (Å²) in [5.74, 6) is -0.824. The molecule has 0 spiro atoms. The predicted octanol–water partition coefficient (Wildman–Crippen LogP) is 2.65. The minimum atomic E-state index is -0.824. The fourth-order valence-electron chi connectivity index (χ4n) is 1.68. The molecule has 0 aliphatic rings. The van der Waals surface area contributed by atoms with Crippen molar-refractivity contribution in [3.8, 4) is 0 Å². The first kappa shape index (κ1) is 15.7. The summed E-state index contributed by atoms with van der Waals surface area (Å²) < 4.78 is 10.9. The molecule has 106 valence electrons. The van der Waals surface area contributed by atoms with E-state index in [4.69, 9.17) is 14.6 Å². The van der Waals surface area contributed by atoms with Crippen molar-refractivity contribution in [1.29, 1.82) is 0 Å². The molecule has 4 heteroatoms. The number of carboxylic acid groups (broad SMARTS) is 1. The number of hydrogen-bond acceptors (Lipinski definition) is 3. The van der Waals surface area contributed by atoms with Crippen LogP contribution in [0.15, 0.2) is 24.3 Å². The van der Waals surface area contributed by atoms with Crippen molar-refractivity contribution in [1.82, 2.24) is 0 Å². The van der Waals surface area contributed by atoms with Crippen molar-refractivity contribution < 1.29 is 19.4 Å². The van der Waals surface area contributed by atoms with Gasteiger partial charge in [0.2, 0.25) is 0 Å². The molecule has 1 aromatic carbocycles. The van der Waals surface area contributed by atoms with Crippen molar-refractivity contribution in [3.63, 3.8) is 0 Å². The largest absolute Gasteiger partial charge is 0.481 e. The van der Waals surface area contributed by atoms with Gasteiger partial charge in [-0.25, -0.2) is 0 Å². The summed E-state index contributed by atoms with van der Waals surface area (Å²) in [6, 6.07) is 7.46. The molecule has 0 unspecified atom stereocenters. The van der Waals surface area contributed by atoms with E-state index in [-0.39, 0.29) is 6.42 Å². The highest BCUT2D eigenvalue weighted by Gasteiger charge is 2.05. The highest BCUT2D eigenvalue weighted by atomic mass is 16.5. The van der Waals surface area contributed by atoms with Crippen molar-refractivity contribution >= 4 is 5.97 Å². The van der Waals surface area contributed by atoms with Crippen LogP contribution in [0.2, 0.25) is 0 Å². The molecule has 0 aliphatic carbocycles. The highest BCUT2D eigenvalue weighted by molar-refractivity contribution is 5.70. The fraction of sp³-hybridized carbons (Fsp3) is 0.533. The minimum absolute atomic E-state index is 0.0343. The van der Waals surface area contributed by atoms with Crippen LogP contribution in [0.1, 0.15) is 30.9 Å². The Morgan fingerprint density at radius 3 is 2.47 bits per heavy atom. The first-order valence-corrected chi connectivity index (χ1v) is 6.68. The van der Waals surface area contributed by atoms with Crippen LogP contribution in [0.5, 0.6) is 0 Å². The monoisotopic (exact) mass is 266 g/mol. The van der Waals surface area contributed by atoms with Gasteiger partial charge in [0.05, 0.1) is 26.2 Å². The maximum Gasteiger partial charge on any atom is 0.307 e. The number of ether oxygens (including phenoxy) is 2. The second-order valence-corrected chi connectivity index (χ2v) is 4.36. The molecule has 19 heavy (non-hydrogen) atoms. The van der Waals surface area contributed by atoms with E-state index < -0.39 is 5.97 Å². The first-order chi connectivity index (χ1) is 9.24. The van der Waals surface area contributed by atoms with Gasteiger partial charge in [0.25, 0.3) is 0 Å². The molecule has 4 nitrogen and oxygen atoms in total. The molecule has 0 fully saturated rings. The van der Waals surface area contributed by atoms with E-state index in [2.05, 4.69) is 6.92 Å². The number of rotatable bonds is 10. The van der Waals surface area contributed by atoms with Gasteiger partial charge in [-0.1, -0.05) is 37.6 Å². The molecule has 0 atom stereocenters. The normalized spacial score (nSPS) is 10.6. The minimum Gasteiger partial charge on any atom is -0.481 e. The lowest BCUT2D eigenvalue weighted by molar-refractivity contribution is -0.136. The fourth-order valence-corrected chi connectivity index (χ4v) is 1.68. The van der Waals surface area contributed by atoms with Gasteiger partial charge in [0, 0.05) is 6.61 Å². The van der Waals surface area contributed by atoms with Crippen LogP contribution in [0.4, 0.5) is 0 Å². The molecule has 1 rings (SSSR count). The van der Waals surface area contributed by atoms with Crippen LogP contribution in [-0.2, 0) is 27.3 Å². The Hall–Kier alpha value is -1.39. The molecule has 0 amide bonds. The molecule has 1 N–H and O–H groups in total. The molecule has 0 saturated carbocycles. The summed E-state index contributed by atoms with van der Waals surface area (Å²) in [5, 5.41) is 8.82. The molecule has 0 bridgehead atoms. The van der Waals surface area contributed by atoms with Gasteiger partial charge in [0.1, 0.15) is 0 Å². The lowest BCUT2D eigenvalue weighted by atomic mass is 10.1. The topological polar surface area (TPSA) is 55.8 Å². The van der Waals surface area contributed by atoms with Gasteiger partial charge in [-0.2, -0.15) is 0 Å². The van der Waals surface area contributed by atoms with Gasteiger partial charge in [0.15, 0.2) is 0 Å². The number of hydrogen-bond donors (Lipinski definition) is 1. The zero-order valence-corrected chi connectivity index (χ0v) is 11.4. The quantitative estimate of drug-likeness (QED) is 0.661. The van der Waals surface area contributed by atoms with Gasteiger partial charge in [-0.15, -0.1) is 0 Å². The van der Waals surface area contributed by atoms with Gasteiger partial charge < -0.3 is 14.6 Å². The Morgan fingerprint density at radius 1 is 1.11 bits per heavy atom. The Bertz CT molecular complexity index is 376. The van der Waals surface area contributed by atoms with Gasteiger partial charge in [-0.3, -0.25) is 4.79 Å². The standard InChI is InChI=1S/C15H22O4/c1-2-3-8-18-9-10-19-12-14-7-5-4-6-13(14)11-15(16)17/h4-7H,2-3,8-12H2,1H3,(H,16,17). The second kappa shape index (κ2) is 9.53. The molecule has 0 aromatic heterocycles. The Labute approximate surface area is 114 Å². The highest BCUT2D eigenvalue weighted by Crippen LogP contribution is 2.11. The van der Waals surface area contributed by atoms with Crippen LogP contribution >= 0.6 is 0 Å². The first-order valence-electron chi connectivity index (χ1n) is 6.68. The number of aliphatic carboxylic acids is 1. The van der Waals surface area contributed by atoms with Gasteiger partial charge in [-0.05, 0) is 17.5 Å². The zero-order valence-electron chi connectivity index (χ0n) is 11.4. The summed E-state index contributed by atoms with van der Waals surface area (Å²) in [6.07, 6.45) is 2.23. The van der Waals surface area contributed by atoms with E-state index in [1.54, 1.807) is 0 Å². The van der Waals surface area contributed by atoms with E-state index in [1.807, 2.05) is 24.3 Å². The van der Waals surface area contributed by atoms with Crippen LogP contribution in [0, 0.1) is 0 Å². The van der Waals surface area contributed by atoms with Crippen LogP contribution in [0.25, 0.3) is 0 Å². The van der Waals surface area contributed by atoms with Crippen molar-refractivity contribution in [2.75, 3.05) is 19.8 Å². The number of unbranched alkanes of at least 4 members (excludes halogenated alkanes) is 1. The maximum absolute atomic E-state index is 10.7. The van der Waals surface area contributed by atoms with Crippen LogP contribution in [0.3, 0.4) is 0 Å². The lowest BCUT2D eigenvalue weighted by Gasteiger charge is -2.09. The molecular weight excluding hydrogens is 244 g/mol. The summed E-state index contributed by atoms with van der Waals surface area (Å²) >= 11 is 0. The van der Waals surface area contributed by atoms with Crippen molar-refractivity contribution in [3.05, 3.63) is 35.4 Å². The van der Waals surface area contributed by atoms with Crippen molar-refractivity contribution in [2.45, 2.75) is 32.8 Å². The second-order valence-electron chi connectivity index (χ2n) is 4.36. The molecule has 0 heterocycles. The summed E-state index contributed by atoms with van der Waals surface area (Å²) in [7, 11) is 0. The third-order valence-corrected chi connectivity index (χ3v) is 2.73. The maximum atomic E-state index is 10.7. The Kier molecular flexibility index (Phi) is 7.86. The van der Waals surface area contributed by atoms with E-state index in [0.717, 1.165) is 30.6 Å². The van der Waals surface area contributed by atoms with E-state index >= 15 is 0 Å². The molecule has 0 saturated heterocycles. The number of carboxylic acids is 1. The number of benzene rings is 1. The molecule has 1 aromatic rings. The zero-order chi connectivity index (χ0) is 13.9. The average Bonchev–Trinajstić information content (AvgIpc) is 2.39. The Morgan fingerprint density at radius 2 is 1.79 bits per heavy atom. The SMILES string of the molecule is CCCCOCCOCc1ccccc1CC(=O)O. The van der Waals surface area contributed by atoms with Crippen LogP contribution in [-0.4, -0.2) is 30.9 Å². The van der Waals surface area contributed by atoms with E-state index in [1.165, 1.54) is 0 Å². The lowest BCUT2D eigenvalue weighted by Crippen LogP contribution is -2.08. The average molecular weight is 266 g/mol. The summed E-state index contributed by atoms with van der Waals surface area (Å²) in [5.41, 5.74) is 1.74. The molecular formula is C15H22O4. The van der Waals surface area contributed by atoms with Gasteiger partial charge >= 0.3 is 5.97 Å². The smallest absolute Gasteiger partial charge is 0.307 e. The summed E-state index contributed by atoms with van der Waals surface area (Å²) in [4.78, 5) is 10.7. The third-order valence-electron chi connectivity index (χ3n) is 2.73. The molecule has 0 radical (unpaired) electrons. The van der Waals surface area contributed by atoms with Crippen LogP contribution < -0.4 is 0 Å². The van der Waals surface area contributed by atoms with E-state index in [9.17, 15) is 4.79 Å². The predicted molar refractivity (Wildman–Crippen MR) is 73.2 cm³/mol. The molecule has 0 aliphatic heterocycles. The summed E-state index contributed by atoms with van der Waals surface area (Å²) in [6.45, 7) is 4.45. The number of carbonyl (C=O) groups is 1.